The van der Waals surface area contributed by atoms with Gasteiger partial charge in [0.05, 0.1) is 6.54 Å². The molecule has 3 aromatic rings. The lowest BCUT2D eigenvalue weighted by Crippen LogP contribution is -2.37. The zero-order valence-electron chi connectivity index (χ0n) is 15.2. The first-order valence-electron chi connectivity index (χ1n) is 8.53. The van der Waals surface area contributed by atoms with E-state index in [2.05, 4.69) is 5.32 Å². The van der Waals surface area contributed by atoms with Gasteiger partial charge in [0.25, 0.3) is 10.0 Å². The van der Waals surface area contributed by atoms with Gasteiger partial charge in [-0.15, -0.1) is 11.3 Å². The summed E-state index contributed by atoms with van der Waals surface area (Å²) in [4.78, 5) is 12.2. The minimum absolute atomic E-state index is 0.216. The number of hydrogen-bond donors (Lipinski definition) is 1. The molecular formula is C20H20N2O4S2. The molecule has 0 saturated heterocycles. The molecule has 1 amide bonds. The van der Waals surface area contributed by atoms with Crippen molar-refractivity contribution in [3.05, 3.63) is 77.7 Å². The topological polar surface area (TPSA) is 75.7 Å². The third-order valence-electron chi connectivity index (χ3n) is 3.89. The van der Waals surface area contributed by atoms with Gasteiger partial charge in [-0.1, -0.05) is 36.4 Å². The average Bonchev–Trinajstić information content (AvgIpc) is 3.23. The van der Waals surface area contributed by atoms with Crippen LogP contribution in [-0.4, -0.2) is 32.2 Å². The molecule has 1 aromatic heterocycles. The van der Waals surface area contributed by atoms with E-state index in [9.17, 15) is 13.2 Å². The number of nitrogens with one attached hydrogen (secondary N) is 1. The van der Waals surface area contributed by atoms with Crippen molar-refractivity contribution < 1.29 is 17.9 Å². The number of benzene rings is 2. The summed E-state index contributed by atoms with van der Waals surface area (Å²) in [5.74, 6) is 1.01. The van der Waals surface area contributed by atoms with Gasteiger partial charge in [0, 0.05) is 13.6 Å². The summed E-state index contributed by atoms with van der Waals surface area (Å²) in [7, 11) is -2.25. The maximum atomic E-state index is 12.4. The van der Waals surface area contributed by atoms with Crippen LogP contribution < -0.4 is 10.1 Å². The second-order valence-electron chi connectivity index (χ2n) is 6.03. The van der Waals surface area contributed by atoms with Crippen LogP contribution in [0.2, 0.25) is 0 Å². The van der Waals surface area contributed by atoms with Crippen LogP contribution in [0, 0.1) is 0 Å². The molecule has 0 fully saturated rings. The van der Waals surface area contributed by atoms with Gasteiger partial charge < -0.3 is 10.1 Å². The molecule has 0 aliphatic rings. The Balaban J connectivity index is 1.55. The monoisotopic (exact) mass is 416 g/mol. The van der Waals surface area contributed by atoms with Crippen LogP contribution in [0.5, 0.6) is 11.5 Å². The molecule has 0 unspecified atom stereocenters. The molecule has 0 radical (unpaired) electrons. The predicted octanol–water partition coefficient (Wildman–Crippen LogP) is 3.48. The van der Waals surface area contributed by atoms with E-state index < -0.39 is 10.0 Å². The Morgan fingerprint density at radius 2 is 1.79 bits per heavy atom. The molecule has 146 valence electrons. The lowest BCUT2D eigenvalue weighted by atomic mass is 10.2. The Hall–Kier alpha value is -2.68. The van der Waals surface area contributed by atoms with Gasteiger partial charge in [-0.3, -0.25) is 4.79 Å². The fourth-order valence-electron chi connectivity index (χ4n) is 2.45. The van der Waals surface area contributed by atoms with Gasteiger partial charge in [0.2, 0.25) is 5.91 Å². The van der Waals surface area contributed by atoms with Crippen molar-refractivity contribution in [2.75, 3.05) is 13.6 Å². The maximum Gasteiger partial charge on any atom is 0.252 e. The van der Waals surface area contributed by atoms with Crippen molar-refractivity contribution >= 4 is 27.3 Å². The first kappa shape index (κ1) is 20.1. The van der Waals surface area contributed by atoms with Gasteiger partial charge in [0.15, 0.2) is 0 Å². The van der Waals surface area contributed by atoms with Crippen LogP contribution in [0.3, 0.4) is 0 Å². The summed E-state index contributed by atoms with van der Waals surface area (Å²) in [6, 6.07) is 20.0. The highest BCUT2D eigenvalue weighted by molar-refractivity contribution is 7.91. The molecule has 0 aliphatic carbocycles. The molecule has 2 aromatic carbocycles. The molecule has 6 nitrogen and oxygen atoms in total. The molecule has 0 aliphatic heterocycles. The van der Waals surface area contributed by atoms with E-state index in [1.165, 1.54) is 13.1 Å². The van der Waals surface area contributed by atoms with Crippen molar-refractivity contribution in [3.8, 4) is 11.5 Å². The molecule has 0 bridgehead atoms. The van der Waals surface area contributed by atoms with E-state index in [0.29, 0.717) is 5.75 Å². The van der Waals surface area contributed by atoms with Crippen molar-refractivity contribution in [2.24, 2.45) is 0 Å². The van der Waals surface area contributed by atoms with Crippen LogP contribution in [0.4, 0.5) is 0 Å². The van der Waals surface area contributed by atoms with Crippen LogP contribution >= 0.6 is 11.3 Å². The van der Waals surface area contributed by atoms with E-state index in [0.717, 1.165) is 27.0 Å². The first-order chi connectivity index (χ1) is 13.4. The number of hydrogen-bond acceptors (Lipinski definition) is 5. The molecule has 0 atom stereocenters. The van der Waals surface area contributed by atoms with E-state index in [1.54, 1.807) is 11.4 Å². The number of likely N-dealkylation sites (N-methyl/N-ethyl adjacent to an activating group) is 1. The fourth-order valence-corrected chi connectivity index (χ4v) is 4.78. The molecule has 0 spiro atoms. The summed E-state index contributed by atoms with van der Waals surface area (Å²) in [6.45, 7) is 0.0259. The van der Waals surface area contributed by atoms with Crippen molar-refractivity contribution in [1.82, 2.24) is 9.62 Å². The summed E-state index contributed by atoms with van der Waals surface area (Å²) in [6.07, 6.45) is 0. The zero-order chi connectivity index (χ0) is 20.0. The van der Waals surface area contributed by atoms with Gasteiger partial charge >= 0.3 is 0 Å². The van der Waals surface area contributed by atoms with Crippen LogP contribution in [0.1, 0.15) is 5.56 Å². The summed E-state index contributed by atoms with van der Waals surface area (Å²) < 4.78 is 31.8. The lowest BCUT2D eigenvalue weighted by Gasteiger charge is -2.16. The van der Waals surface area contributed by atoms with Gasteiger partial charge in [0.1, 0.15) is 15.7 Å². The highest BCUT2D eigenvalue weighted by atomic mass is 32.2. The molecule has 0 saturated carbocycles. The SMILES string of the molecule is CN(CC(=O)NCc1cccc(Oc2ccccc2)c1)S(=O)(=O)c1cccs1. The average molecular weight is 417 g/mol. The molecule has 1 heterocycles. The lowest BCUT2D eigenvalue weighted by molar-refractivity contribution is -0.121. The van der Waals surface area contributed by atoms with Crippen LogP contribution in [0.25, 0.3) is 0 Å². The zero-order valence-corrected chi connectivity index (χ0v) is 16.9. The minimum atomic E-state index is -3.64. The quantitative estimate of drug-likeness (QED) is 0.610. The Morgan fingerprint density at radius 1 is 1.04 bits per heavy atom. The Morgan fingerprint density at radius 3 is 2.50 bits per heavy atom. The summed E-state index contributed by atoms with van der Waals surface area (Å²) in [5, 5.41) is 4.43. The van der Waals surface area contributed by atoms with E-state index >= 15 is 0 Å². The van der Waals surface area contributed by atoms with Crippen LogP contribution in [0.15, 0.2) is 76.3 Å². The second-order valence-corrected chi connectivity index (χ2v) is 9.25. The number of sulfonamides is 1. The summed E-state index contributed by atoms with van der Waals surface area (Å²) >= 11 is 1.12. The molecule has 28 heavy (non-hydrogen) atoms. The van der Waals surface area contributed by atoms with Crippen molar-refractivity contribution in [2.45, 2.75) is 10.8 Å². The normalized spacial score (nSPS) is 11.4. The minimum Gasteiger partial charge on any atom is -0.457 e. The van der Waals surface area contributed by atoms with Crippen molar-refractivity contribution in [1.29, 1.82) is 0 Å². The molecule has 1 N–H and O–H groups in total. The largest absolute Gasteiger partial charge is 0.457 e. The van der Waals surface area contributed by atoms with Gasteiger partial charge in [-0.05, 0) is 41.3 Å². The molecule has 3 rings (SSSR count). The van der Waals surface area contributed by atoms with E-state index in [-0.39, 0.29) is 23.2 Å². The third kappa shape index (κ3) is 5.19. The number of para-hydroxylation sites is 1. The Kier molecular flexibility index (Phi) is 6.45. The Bertz CT molecular complexity index is 1020. The number of amides is 1. The highest BCUT2D eigenvalue weighted by Crippen LogP contribution is 2.22. The maximum absolute atomic E-state index is 12.4. The van der Waals surface area contributed by atoms with E-state index in [1.807, 2.05) is 54.6 Å². The van der Waals surface area contributed by atoms with Crippen molar-refractivity contribution in [3.63, 3.8) is 0 Å². The molecule has 8 heteroatoms. The smallest absolute Gasteiger partial charge is 0.252 e. The number of ether oxygens (including phenoxy) is 1. The standard InChI is InChI=1S/C20H20N2O4S2/c1-22(28(24,25)20-11-6-12-27-20)15-19(23)21-14-16-7-5-10-18(13-16)26-17-8-3-2-4-9-17/h2-13H,14-15H2,1H3,(H,21,23). The number of thiophene rings is 1. The Labute approximate surface area is 168 Å². The van der Waals surface area contributed by atoms with Gasteiger partial charge in [-0.2, -0.15) is 4.31 Å². The highest BCUT2D eigenvalue weighted by Gasteiger charge is 2.23. The molecular weight excluding hydrogens is 396 g/mol. The second kappa shape index (κ2) is 9.01. The number of rotatable bonds is 8. The van der Waals surface area contributed by atoms with Crippen LogP contribution in [-0.2, 0) is 21.4 Å². The van der Waals surface area contributed by atoms with Gasteiger partial charge in [-0.25, -0.2) is 8.42 Å². The predicted molar refractivity (Wildman–Crippen MR) is 109 cm³/mol. The summed E-state index contributed by atoms with van der Waals surface area (Å²) in [5.41, 5.74) is 0.852. The number of carbonyl (C=O) groups is 1. The number of nitrogens with zero attached hydrogens (tertiary/aromatic N) is 1. The number of carbonyl (C=O) groups excluding carboxylic acids is 1. The first-order valence-corrected chi connectivity index (χ1v) is 10.9. The van der Waals surface area contributed by atoms with E-state index in [4.69, 9.17) is 4.74 Å². The fraction of sp³-hybridized carbons (Fsp3) is 0.150. The third-order valence-corrected chi connectivity index (χ3v) is 7.07.